The van der Waals surface area contributed by atoms with Crippen LogP contribution < -0.4 is 15.4 Å². The molecular weight excluding hydrogens is 315 g/mol. The van der Waals surface area contributed by atoms with Crippen LogP contribution in [0.15, 0.2) is 48.5 Å². The predicted molar refractivity (Wildman–Crippen MR) is 73.5 cm³/mol. The summed E-state index contributed by atoms with van der Waals surface area (Å²) in [6.07, 6.45) is -5.00. The number of primary amides is 1. The molecule has 0 aliphatic rings. The molecule has 0 unspecified atom stereocenters. The van der Waals surface area contributed by atoms with Gasteiger partial charge in [0.2, 0.25) is 5.75 Å². The van der Waals surface area contributed by atoms with E-state index in [1.807, 2.05) is 0 Å². The Morgan fingerprint density at radius 2 is 1.74 bits per heavy atom. The second-order valence-electron chi connectivity index (χ2n) is 4.38. The van der Waals surface area contributed by atoms with Crippen LogP contribution in [0.1, 0.15) is 15.9 Å². The highest BCUT2D eigenvalue weighted by Gasteiger charge is 2.33. The molecule has 0 saturated carbocycles. The summed E-state index contributed by atoms with van der Waals surface area (Å²) in [7, 11) is 0. The summed E-state index contributed by atoms with van der Waals surface area (Å²) in [6.45, 7) is 0.00745. The van der Waals surface area contributed by atoms with Crippen LogP contribution in [0, 0.1) is 0 Å². The van der Waals surface area contributed by atoms with Crippen LogP contribution in [-0.2, 0) is 11.5 Å². The van der Waals surface area contributed by atoms with Crippen molar-refractivity contribution in [2.24, 2.45) is 5.73 Å². The van der Waals surface area contributed by atoms with Gasteiger partial charge in [-0.25, -0.2) is 0 Å². The lowest BCUT2D eigenvalue weighted by Crippen LogP contribution is -2.18. The number of nitrogens with two attached hydrogens (primary N) is 1. The van der Waals surface area contributed by atoms with Gasteiger partial charge in [0.05, 0.1) is 5.56 Å². The number of carbonyl (C=O) groups is 1. The molecular formula is C15H12F3NO4. The Labute approximate surface area is 129 Å². The van der Waals surface area contributed by atoms with Crippen LogP contribution in [0.3, 0.4) is 0 Å². The first kappa shape index (κ1) is 16.6. The fourth-order valence-electron chi connectivity index (χ4n) is 1.75. The highest BCUT2D eigenvalue weighted by atomic mass is 19.4. The molecule has 0 aromatic heterocycles. The summed E-state index contributed by atoms with van der Waals surface area (Å²) in [4.78, 5) is 18.9. The largest absolute Gasteiger partial charge is 0.558 e. The van der Waals surface area contributed by atoms with Crippen LogP contribution in [0.2, 0.25) is 0 Å². The maximum absolute atomic E-state index is 12.1. The minimum atomic E-state index is -5.00. The topological polar surface area (TPSA) is 70.8 Å². The minimum Gasteiger partial charge on any atom is -0.484 e. The smallest absolute Gasteiger partial charge is 0.484 e. The Kier molecular flexibility index (Phi) is 5.07. The van der Waals surface area contributed by atoms with Crippen molar-refractivity contribution < 1.29 is 32.5 Å². The maximum Gasteiger partial charge on any atom is 0.558 e. The molecule has 0 spiro atoms. The third-order valence-electron chi connectivity index (χ3n) is 2.70. The number of benzene rings is 2. The fraction of sp³-hybridized carbons (Fsp3) is 0.133. The summed E-state index contributed by atoms with van der Waals surface area (Å²) in [6, 6.07) is 12.6. The van der Waals surface area contributed by atoms with Gasteiger partial charge in [-0.3, -0.25) is 4.79 Å². The zero-order valence-corrected chi connectivity index (χ0v) is 11.7. The summed E-state index contributed by atoms with van der Waals surface area (Å²) in [5.41, 5.74) is 5.82. The number of rotatable bonds is 6. The number of halogens is 3. The first-order chi connectivity index (χ1) is 10.9. The molecule has 8 heteroatoms. The molecule has 1 amide bonds. The molecule has 2 N–H and O–H groups in total. The minimum absolute atomic E-state index is 0.00745. The van der Waals surface area contributed by atoms with Gasteiger partial charge >= 0.3 is 6.36 Å². The lowest BCUT2D eigenvalue weighted by molar-refractivity contribution is -0.445. The van der Waals surface area contributed by atoms with E-state index in [0.29, 0.717) is 0 Å². The van der Waals surface area contributed by atoms with E-state index >= 15 is 0 Å². The molecule has 0 aliphatic heterocycles. The van der Waals surface area contributed by atoms with E-state index < -0.39 is 18.0 Å². The monoisotopic (exact) mass is 327 g/mol. The highest BCUT2D eigenvalue weighted by molar-refractivity contribution is 5.96. The van der Waals surface area contributed by atoms with E-state index in [1.54, 1.807) is 30.3 Å². The van der Waals surface area contributed by atoms with Crippen LogP contribution in [0.4, 0.5) is 13.2 Å². The van der Waals surface area contributed by atoms with Gasteiger partial charge in [0, 0.05) is 0 Å². The third-order valence-corrected chi connectivity index (χ3v) is 2.70. The van der Waals surface area contributed by atoms with Crippen molar-refractivity contribution in [2.75, 3.05) is 0 Å². The predicted octanol–water partition coefficient (Wildman–Crippen LogP) is 3.19. The molecule has 0 aliphatic carbocycles. The Bertz CT molecular complexity index is 674. The number of hydrogen-bond donors (Lipinski definition) is 1. The fourth-order valence-corrected chi connectivity index (χ4v) is 1.75. The van der Waals surface area contributed by atoms with E-state index in [-0.39, 0.29) is 17.9 Å². The Morgan fingerprint density at radius 3 is 2.35 bits per heavy atom. The molecule has 0 fully saturated rings. The number of hydrogen-bond acceptors (Lipinski definition) is 4. The SMILES string of the molecule is NC(=O)c1cccc(OOC(F)(F)F)c1OCc1ccccc1. The van der Waals surface area contributed by atoms with E-state index in [9.17, 15) is 18.0 Å². The molecule has 2 rings (SSSR count). The second-order valence-corrected chi connectivity index (χ2v) is 4.38. The van der Waals surface area contributed by atoms with Crippen molar-refractivity contribution in [3.8, 4) is 11.5 Å². The standard InChI is InChI=1S/C15H12F3NO4/c16-15(17,18)23-22-12-8-4-7-11(14(19)20)13(12)21-9-10-5-2-1-3-6-10/h1-8H,9H2,(H2,19,20). The molecule has 0 radical (unpaired) electrons. The number of para-hydroxylation sites is 1. The maximum atomic E-state index is 12.1. The molecule has 0 bridgehead atoms. The van der Waals surface area contributed by atoms with Crippen LogP contribution in [0.25, 0.3) is 0 Å². The summed E-state index contributed by atoms with van der Waals surface area (Å²) in [5.74, 6) is -1.51. The van der Waals surface area contributed by atoms with Gasteiger partial charge in [0.25, 0.3) is 5.91 Å². The lowest BCUT2D eigenvalue weighted by Gasteiger charge is -2.14. The van der Waals surface area contributed by atoms with Crippen LogP contribution in [-0.4, -0.2) is 12.3 Å². The van der Waals surface area contributed by atoms with Gasteiger partial charge in [0.15, 0.2) is 5.75 Å². The first-order valence-electron chi connectivity index (χ1n) is 6.39. The zero-order chi connectivity index (χ0) is 16.9. The van der Waals surface area contributed by atoms with Crippen LogP contribution in [0.5, 0.6) is 11.5 Å². The molecule has 23 heavy (non-hydrogen) atoms. The molecule has 0 saturated heterocycles. The van der Waals surface area contributed by atoms with E-state index in [0.717, 1.165) is 5.56 Å². The molecule has 0 heterocycles. The van der Waals surface area contributed by atoms with Gasteiger partial charge in [-0.2, -0.15) is 0 Å². The molecule has 2 aromatic carbocycles. The number of carbonyl (C=O) groups excluding carboxylic acids is 1. The summed E-state index contributed by atoms with van der Waals surface area (Å²) < 4.78 is 41.7. The van der Waals surface area contributed by atoms with Gasteiger partial charge in [-0.15, -0.1) is 13.2 Å². The van der Waals surface area contributed by atoms with Crippen LogP contribution >= 0.6 is 0 Å². The number of alkyl halides is 3. The van der Waals surface area contributed by atoms with E-state index in [1.165, 1.54) is 18.2 Å². The van der Waals surface area contributed by atoms with Crippen molar-refractivity contribution in [3.63, 3.8) is 0 Å². The normalized spacial score (nSPS) is 11.1. The summed E-state index contributed by atoms with van der Waals surface area (Å²) in [5, 5.41) is 0. The molecule has 5 nitrogen and oxygen atoms in total. The summed E-state index contributed by atoms with van der Waals surface area (Å²) >= 11 is 0. The molecule has 2 aromatic rings. The van der Waals surface area contributed by atoms with E-state index in [2.05, 4.69) is 9.78 Å². The van der Waals surface area contributed by atoms with Gasteiger partial charge < -0.3 is 15.4 Å². The Balaban J connectivity index is 2.24. The molecule has 0 atom stereocenters. The van der Waals surface area contributed by atoms with Crippen molar-refractivity contribution in [1.29, 1.82) is 0 Å². The zero-order valence-electron chi connectivity index (χ0n) is 11.7. The average Bonchev–Trinajstić information content (AvgIpc) is 2.51. The first-order valence-corrected chi connectivity index (χ1v) is 6.39. The Hall–Kier alpha value is -2.74. The number of amides is 1. The average molecular weight is 327 g/mol. The van der Waals surface area contributed by atoms with Gasteiger partial charge in [-0.05, 0) is 17.7 Å². The van der Waals surface area contributed by atoms with Crippen molar-refractivity contribution in [1.82, 2.24) is 0 Å². The van der Waals surface area contributed by atoms with Crippen molar-refractivity contribution in [2.45, 2.75) is 13.0 Å². The second kappa shape index (κ2) is 7.01. The third kappa shape index (κ3) is 4.89. The van der Waals surface area contributed by atoms with E-state index in [4.69, 9.17) is 10.5 Å². The number of ether oxygens (including phenoxy) is 1. The van der Waals surface area contributed by atoms with Gasteiger partial charge in [-0.1, -0.05) is 41.3 Å². The lowest BCUT2D eigenvalue weighted by atomic mass is 10.1. The van der Waals surface area contributed by atoms with Crippen molar-refractivity contribution >= 4 is 5.91 Å². The van der Waals surface area contributed by atoms with Crippen molar-refractivity contribution in [3.05, 3.63) is 59.7 Å². The highest BCUT2D eigenvalue weighted by Crippen LogP contribution is 2.33. The Morgan fingerprint density at radius 1 is 1.04 bits per heavy atom. The van der Waals surface area contributed by atoms with Gasteiger partial charge in [0.1, 0.15) is 6.61 Å². The quantitative estimate of drug-likeness (QED) is 0.653. The molecule has 122 valence electrons.